The summed E-state index contributed by atoms with van der Waals surface area (Å²) in [4.78, 5) is 40.5. The van der Waals surface area contributed by atoms with E-state index in [4.69, 9.17) is 4.74 Å². The van der Waals surface area contributed by atoms with Gasteiger partial charge in [0.05, 0.1) is 23.9 Å². The Kier molecular flexibility index (Phi) is 6.23. The van der Waals surface area contributed by atoms with Gasteiger partial charge in [0.2, 0.25) is 11.9 Å². The molecule has 0 saturated carbocycles. The van der Waals surface area contributed by atoms with Gasteiger partial charge in [-0.3, -0.25) is 4.79 Å². The van der Waals surface area contributed by atoms with Gasteiger partial charge in [0.15, 0.2) is 0 Å². The van der Waals surface area contributed by atoms with Crippen LogP contribution in [0.15, 0.2) is 42.5 Å². The number of carbonyl (C=O) groups excluding carboxylic acids is 2. The summed E-state index contributed by atoms with van der Waals surface area (Å²) < 4.78 is 18.4. The summed E-state index contributed by atoms with van der Waals surface area (Å²) >= 11 is 0. The fraction of sp³-hybridized carbons (Fsp3) is 0.385. The summed E-state index contributed by atoms with van der Waals surface area (Å²) in [7, 11) is 1.37. The van der Waals surface area contributed by atoms with Gasteiger partial charge in [-0.2, -0.15) is 0 Å². The highest BCUT2D eigenvalue weighted by atomic mass is 19.1. The highest BCUT2D eigenvalue weighted by molar-refractivity contribution is 5.90. The third-order valence-electron chi connectivity index (χ3n) is 6.88. The zero-order valence-electron chi connectivity index (χ0n) is 19.9. The number of nitrogens with zero attached hydrogens (tertiary/aromatic N) is 5. The first kappa shape index (κ1) is 23.0. The highest BCUT2D eigenvalue weighted by Crippen LogP contribution is 2.28. The molecule has 1 amide bonds. The molecule has 0 bridgehead atoms. The molecule has 2 aromatic carbocycles. The van der Waals surface area contributed by atoms with Gasteiger partial charge < -0.3 is 19.4 Å². The van der Waals surface area contributed by atoms with E-state index in [0.717, 1.165) is 25.1 Å². The molecule has 182 valence electrons. The Morgan fingerprint density at radius 2 is 1.74 bits per heavy atom. The number of aryl methyl sites for hydroxylation is 1. The van der Waals surface area contributed by atoms with Crippen LogP contribution in [0.2, 0.25) is 0 Å². The van der Waals surface area contributed by atoms with Crippen molar-refractivity contribution in [1.29, 1.82) is 0 Å². The van der Waals surface area contributed by atoms with Crippen molar-refractivity contribution in [1.82, 2.24) is 14.9 Å². The van der Waals surface area contributed by atoms with Gasteiger partial charge in [-0.1, -0.05) is 0 Å². The first-order valence-corrected chi connectivity index (χ1v) is 11.9. The number of rotatable bonds is 4. The minimum Gasteiger partial charge on any atom is -0.465 e. The molecule has 1 aromatic heterocycles. The lowest BCUT2D eigenvalue weighted by Gasteiger charge is -2.38. The lowest BCUT2D eigenvalue weighted by atomic mass is 10.1. The number of esters is 1. The topological polar surface area (TPSA) is 78.9 Å². The zero-order valence-corrected chi connectivity index (χ0v) is 19.9. The SMILES string of the molecule is COC(=O)c1ccc(N2CCN(C(=O)C3CCCN3c3nc(C)c4cc(F)ccc4n3)CC2)cc1. The Morgan fingerprint density at radius 3 is 2.46 bits per heavy atom. The molecule has 2 fully saturated rings. The fourth-order valence-corrected chi connectivity index (χ4v) is 4.95. The summed E-state index contributed by atoms with van der Waals surface area (Å²) in [6.45, 7) is 5.24. The van der Waals surface area contributed by atoms with Crippen molar-refractivity contribution >= 4 is 34.4 Å². The third kappa shape index (κ3) is 4.50. The number of ether oxygens (including phenoxy) is 1. The molecule has 0 spiro atoms. The van der Waals surface area contributed by atoms with E-state index < -0.39 is 0 Å². The maximum atomic E-state index is 13.7. The Labute approximate surface area is 203 Å². The number of benzene rings is 2. The highest BCUT2D eigenvalue weighted by Gasteiger charge is 2.36. The molecule has 1 atom stereocenters. The van der Waals surface area contributed by atoms with E-state index in [1.165, 1.54) is 19.2 Å². The van der Waals surface area contributed by atoms with E-state index in [1.54, 1.807) is 18.2 Å². The number of piperazine rings is 1. The zero-order chi connectivity index (χ0) is 24.5. The van der Waals surface area contributed by atoms with E-state index >= 15 is 0 Å². The predicted octanol–water partition coefficient (Wildman–Crippen LogP) is 3.18. The number of hydrogen-bond donors (Lipinski definition) is 0. The minimum atomic E-state index is -0.356. The molecule has 1 unspecified atom stereocenters. The monoisotopic (exact) mass is 477 g/mol. The summed E-state index contributed by atoms with van der Waals surface area (Å²) in [5.74, 6) is -0.0407. The van der Waals surface area contributed by atoms with Gasteiger partial charge in [-0.15, -0.1) is 0 Å². The van der Waals surface area contributed by atoms with Gasteiger partial charge in [-0.05, 0) is 62.2 Å². The first-order valence-electron chi connectivity index (χ1n) is 11.9. The van der Waals surface area contributed by atoms with E-state index in [1.807, 2.05) is 28.9 Å². The molecule has 5 rings (SSSR count). The van der Waals surface area contributed by atoms with Crippen molar-refractivity contribution in [3.63, 3.8) is 0 Å². The second-order valence-electron chi connectivity index (χ2n) is 8.97. The molecule has 2 aliphatic rings. The van der Waals surface area contributed by atoms with Crippen LogP contribution in [0.1, 0.15) is 28.9 Å². The number of fused-ring (bicyclic) bond motifs is 1. The number of anilines is 2. The molecule has 0 radical (unpaired) electrons. The smallest absolute Gasteiger partial charge is 0.337 e. The van der Waals surface area contributed by atoms with Crippen LogP contribution in [0.25, 0.3) is 10.9 Å². The number of methoxy groups -OCH3 is 1. The van der Waals surface area contributed by atoms with Gasteiger partial charge in [0, 0.05) is 43.8 Å². The molecule has 3 aromatic rings. The van der Waals surface area contributed by atoms with Crippen LogP contribution >= 0.6 is 0 Å². The lowest BCUT2D eigenvalue weighted by molar-refractivity contribution is -0.132. The Morgan fingerprint density at radius 1 is 1.00 bits per heavy atom. The number of aromatic nitrogens is 2. The van der Waals surface area contributed by atoms with Crippen molar-refractivity contribution in [2.45, 2.75) is 25.8 Å². The maximum Gasteiger partial charge on any atom is 0.337 e. The van der Waals surface area contributed by atoms with Crippen LogP contribution in [0, 0.1) is 12.7 Å². The summed E-state index contributed by atoms with van der Waals surface area (Å²) in [5, 5.41) is 0.687. The standard InChI is InChI=1S/C26H28FN5O3/c1-17-21-16-19(27)7-10-22(21)29-26(28-17)32-11-3-4-23(32)24(33)31-14-12-30(13-15-31)20-8-5-18(6-9-20)25(34)35-2/h5-10,16,23H,3-4,11-15H2,1-2H3. The van der Waals surface area contributed by atoms with Crippen LogP contribution in [0.3, 0.4) is 0 Å². The lowest BCUT2D eigenvalue weighted by Crippen LogP contribution is -2.54. The number of halogens is 1. The van der Waals surface area contributed by atoms with E-state index in [-0.39, 0.29) is 23.7 Å². The molecule has 0 aliphatic carbocycles. The van der Waals surface area contributed by atoms with Crippen LogP contribution in [0.4, 0.5) is 16.0 Å². The van der Waals surface area contributed by atoms with Crippen molar-refractivity contribution in [2.75, 3.05) is 49.6 Å². The van der Waals surface area contributed by atoms with Crippen LogP contribution in [0.5, 0.6) is 0 Å². The molecule has 9 heteroatoms. The summed E-state index contributed by atoms with van der Waals surface area (Å²) in [6, 6.07) is 11.5. The van der Waals surface area contributed by atoms with Crippen molar-refractivity contribution in [2.24, 2.45) is 0 Å². The average Bonchev–Trinajstić information content (AvgIpc) is 3.38. The van der Waals surface area contributed by atoms with Crippen LogP contribution in [-0.2, 0) is 9.53 Å². The number of amides is 1. The van der Waals surface area contributed by atoms with Crippen molar-refractivity contribution < 1.29 is 18.7 Å². The second-order valence-corrected chi connectivity index (χ2v) is 8.97. The van der Waals surface area contributed by atoms with Gasteiger partial charge in [0.1, 0.15) is 11.9 Å². The molecule has 35 heavy (non-hydrogen) atoms. The van der Waals surface area contributed by atoms with E-state index in [2.05, 4.69) is 14.9 Å². The van der Waals surface area contributed by atoms with Crippen LogP contribution in [-0.4, -0.2) is 72.6 Å². The van der Waals surface area contributed by atoms with E-state index in [0.29, 0.717) is 54.3 Å². The molecule has 8 nitrogen and oxygen atoms in total. The van der Waals surface area contributed by atoms with Gasteiger partial charge in [-0.25, -0.2) is 19.2 Å². The summed E-state index contributed by atoms with van der Waals surface area (Å²) in [5.41, 5.74) is 2.92. The Balaban J connectivity index is 1.26. The number of hydrogen-bond acceptors (Lipinski definition) is 7. The predicted molar refractivity (Wildman–Crippen MR) is 131 cm³/mol. The Hall–Kier alpha value is -3.75. The minimum absolute atomic E-state index is 0.101. The second kappa shape index (κ2) is 9.48. The maximum absolute atomic E-state index is 13.7. The normalized spacial score (nSPS) is 18.3. The van der Waals surface area contributed by atoms with E-state index in [9.17, 15) is 14.0 Å². The summed E-state index contributed by atoms with van der Waals surface area (Å²) in [6.07, 6.45) is 1.66. The molecular weight excluding hydrogens is 449 g/mol. The Bertz CT molecular complexity index is 1260. The molecule has 2 aliphatic heterocycles. The largest absolute Gasteiger partial charge is 0.465 e. The third-order valence-corrected chi connectivity index (χ3v) is 6.88. The first-order chi connectivity index (χ1) is 16.9. The van der Waals surface area contributed by atoms with Crippen molar-refractivity contribution in [3.8, 4) is 0 Å². The van der Waals surface area contributed by atoms with Crippen LogP contribution < -0.4 is 9.80 Å². The molecule has 2 saturated heterocycles. The average molecular weight is 478 g/mol. The molecule has 3 heterocycles. The van der Waals surface area contributed by atoms with Crippen molar-refractivity contribution in [3.05, 3.63) is 59.5 Å². The van der Waals surface area contributed by atoms with Gasteiger partial charge in [0.25, 0.3) is 0 Å². The molecular formula is C26H28FN5O3. The number of carbonyl (C=O) groups is 2. The molecule has 0 N–H and O–H groups in total. The fourth-order valence-electron chi connectivity index (χ4n) is 4.95. The quantitative estimate of drug-likeness (QED) is 0.534. The van der Waals surface area contributed by atoms with Gasteiger partial charge >= 0.3 is 5.97 Å².